The Hall–Kier alpha value is -5.41. The van der Waals surface area contributed by atoms with Gasteiger partial charge in [-0.05, 0) is 96.1 Å². The van der Waals surface area contributed by atoms with Crippen LogP contribution < -0.4 is 9.64 Å². The molecule has 0 saturated heterocycles. The van der Waals surface area contributed by atoms with Crippen LogP contribution >= 0.6 is 0 Å². The maximum Gasteiger partial charge on any atom is 0.150 e. The highest BCUT2D eigenvalue weighted by Gasteiger charge is 2.17. The number of fused-ring (bicyclic) bond motifs is 1. The molecule has 0 aliphatic rings. The summed E-state index contributed by atoms with van der Waals surface area (Å²) < 4.78 is 5.44. The summed E-state index contributed by atoms with van der Waals surface area (Å²) in [7, 11) is 1.67. The van der Waals surface area contributed by atoms with Gasteiger partial charge in [-0.15, -0.1) is 0 Å². The number of aldehydes is 1. The van der Waals surface area contributed by atoms with E-state index in [9.17, 15) is 4.79 Å². The van der Waals surface area contributed by atoms with Crippen LogP contribution in [0.25, 0.3) is 22.4 Å². The predicted molar refractivity (Wildman–Crippen MR) is 180 cm³/mol. The predicted octanol–water partition coefficient (Wildman–Crippen LogP) is 10.3. The summed E-state index contributed by atoms with van der Waals surface area (Å²) >= 11 is 0. The van der Waals surface area contributed by atoms with Gasteiger partial charge in [-0.2, -0.15) is 0 Å². The van der Waals surface area contributed by atoms with Crippen molar-refractivity contribution in [3.8, 4) is 5.75 Å². The fourth-order valence-electron chi connectivity index (χ4n) is 5.45. The number of rotatable bonds is 8. The quantitative estimate of drug-likeness (QED) is 0.137. The second-order valence-corrected chi connectivity index (χ2v) is 10.8. The molecule has 0 bridgehead atoms. The van der Waals surface area contributed by atoms with Gasteiger partial charge in [0.1, 0.15) is 5.75 Å². The molecular formula is C40H33NO2. The SMILES string of the molecule is COc1ccc(N(c2ccc(C=C(c3ccc(C)cc3)c3ccc(C)cc3)cc2)c2ccc(C=O)c3ccccc23)cc1. The molecule has 0 fully saturated rings. The molecule has 0 amide bonds. The van der Waals surface area contributed by atoms with Gasteiger partial charge in [0.25, 0.3) is 0 Å². The zero-order valence-corrected chi connectivity index (χ0v) is 24.6. The van der Waals surface area contributed by atoms with E-state index in [2.05, 4.69) is 116 Å². The van der Waals surface area contributed by atoms with Gasteiger partial charge in [0.05, 0.1) is 12.8 Å². The summed E-state index contributed by atoms with van der Waals surface area (Å²) in [5, 5.41) is 1.93. The van der Waals surface area contributed by atoms with Crippen molar-refractivity contribution in [3.63, 3.8) is 0 Å². The van der Waals surface area contributed by atoms with Gasteiger partial charge in [-0.3, -0.25) is 4.79 Å². The van der Waals surface area contributed by atoms with Crippen LogP contribution in [0.3, 0.4) is 0 Å². The van der Waals surface area contributed by atoms with Crippen LogP contribution in [0.5, 0.6) is 5.75 Å². The molecule has 0 aliphatic carbocycles. The van der Waals surface area contributed by atoms with Crippen LogP contribution in [0.1, 0.15) is 38.2 Å². The number of aryl methyl sites for hydroxylation is 2. The maximum absolute atomic E-state index is 11.8. The van der Waals surface area contributed by atoms with Crippen molar-refractivity contribution in [2.45, 2.75) is 13.8 Å². The van der Waals surface area contributed by atoms with Crippen LogP contribution in [-0.4, -0.2) is 13.4 Å². The van der Waals surface area contributed by atoms with E-state index in [0.29, 0.717) is 5.56 Å². The van der Waals surface area contributed by atoms with E-state index < -0.39 is 0 Å². The first-order valence-electron chi connectivity index (χ1n) is 14.4. The lowest BCUT2D eigenvalue weighted by Gasteiger charge is -2.27. The van der Waals surface area contributed by atoms with E-state index in [1.54, 1.807) is 7.11 Å². The number of nitrogens with zero attached hydrogens (tertiary/aromatic N) is 1. The highest BCUT2D eigenvalue weighted by Crippen LogP contribution is 2.40. The number of carbonyl (C=O) groups excluding carboxylic acids is 1. The third-order valence-electron chi connectivity index (χ3n) is 7.82. The maximum atomic E-state index is 11.8. The molecule has 210 valence electrons. The lowest BCUT2D eigenvalue weighted by Crippen LogP contribution is -2.10. The Morgan fingerprint density at radius 3 is 1.67 bits per heavy atom. The van der Waals surface area contributed by atoms with Gasteiger partial charge in [-0.1, -0.05) is 96.1 Å². The first kappa shape index (κ1) is 27.7. The van der Waals surface area contributed by atoms with Gasteiger partial charge in [0, 0.05) is 22.3 Å². The molecule has 0 saturated carbocycles. The topological polar surface area (TPSA) is 29.5 Å². The van der Waals surface area contributed by atoms with Crippen molar-refractivity contribution >= 4 is 45.8 Å². The molecule has 0 spiro atoms. The van der Waals surface area contributed by atoms with Gasteiger partial charge < -0.3 is 9.64 Å². The van der Waals surface area contributed by atoms with Crippen molar-refractivity contribution in [2.24, 2.45) is 0 Å². The molecule has 3 heteroatoms. The molecule has 0 heterocycles. The highest BCUT2D eigenvalue weighted by molar-refractivity contribution is 6.06. The zero-order chi connectivity index (χ0) is 29.8. The summed E-state index contributed by atoms with van der Waals surface area (Å²) in [6, 6.07) is 46.1. The zero-order valence-electron chi connectivity index (χ0n) is 24.6. The van der Waals surface area contributed by atoms with Crippen LogP contribution in [0.15, 0.2) is 133 Å². The Kier molecular flexibility index (Phi) is 7.88. The standard InChI is InChI=1S/C40H33NO2/c1-28-8-14-31(15-9-28)39(32-16-10-29(2)11-17-32)26-30-12-19-34(20-13-30)41(35-21-23-36(43-3)24-22-35)40-25-18-33(27-42)37-6-4-5-7-38(37)40/h4-27H,1-3H3. The van der Waals surface area contributed by atoms with Crippen molar-refractivity contribution in [1.82, 2.24) is 0 Å². The average molecular weight is 560 g/mol. The summed E-state index contributed by atoms with van der Waals surface area (Å²) in [5.74, 6) is 0.796. The fourth-order valence-corrected chi connectivity index (χ4v) is 5.45. The van der Waals surface area contributed by atoms with Gasteiger partial charge >= 0.3 is 0 Å². The molecule has 0 aliphatic heterocycles. The van der Waals surface area contributed by atoms with E-state index in [1.807, 2.05) is 42.5 Å². The smallest absolute Gasteiger partial charge is 0.150 e. The number of carbonyl (C=O) groups is 1. The Balaban J connectivity index is 1.46. The lowest BCUT2D eigenvalue weighted by atomic mass is 9.94. The summed E-state index contributed by atoms with van der Waals surface area (Å²) in [6.07, 6.45) is 3.18. The van der Waals surface area contributed by atoms with Crippen molar-refractivity contribution in [2.75, 3.05) is 12.0 Å². The largest absolute Gasteiger partial charge is 0.497 e. The Bertz CT molecular complexity index is 1850. The minimum atomic E-state index is 0.675. The number of benzene rings is 6. The summed E-state index contributed by atoms with van der Waals surface area (Å²) in [6.45, 7) is 4.23. The van der Waals surface area contributed by atoms with Crippen LogP contribution in [0.4, 0.5) is 17.1 Å². The van der Waals surface area contributed by atoms with Crippen LogP contribution in [0.2, 0.25) is 0 Å². The fraction of sp³-hybridized carbons (Fsp3) is 0.0750. The lowest BCUT2D eigenvalue weighted by molar-refractivity contribution is 0.112. The molecule has 0 unspecified atom stereocenters. The third-order valence-corrected chi connectivity index (χ3v) is 7.82. The Morgan fingerprint density at radius 2 is 1.14 bits per heavy atom. The Morgan fingerprint density at radius 1 is 0.605 bits per heavy atom. The third kappa shape index (κ3) is 5.84. The molecule has 0 radical (unpaired) electrons. The molecule has 6 rings (SSSR count). The molecular weight excluding hydrogens is 526 g/mol. The van der Waals surface area contributed by atoms with E-state index in [0.717, 1.165) is 45.4 Å². The van der Waals surface area contributed by atoms with Crippen molar-refractivity contribution in [3.05, 3.63) is 167 Å². The van der Waals surface area contributed by atoms with Gasteiger partial charge in [0.15, 0.2) is 6.29 Å². The van der Waals surface area contributed by atoms with E-state index in [-0.39, 0.29) is 0 Å². The number of hydrogen-bond donors (Lipinski definition) is 0. The van der Waals surface area contributed by atoms with Crippen molar-refractivity contribution in [1.29, 1.82) is 0 Å². The molecule has 6 aromatic rings. The molecule has 3 nitrogen and oxygen atoms in total. The number of hydrogen-bond acceptors (Lipinski definition) is 3. The molecule has 43 heavy (non-hydrogen) atoms. The second-order valence-electron chi connectivity index (χ2n) is 10.8. The molecule has 0 aromatic heterocycles. The normalized spacial score (nSPS) is 10.8. The molecule has 0 atom stereocenters. The first-order chi connectivity index (χ1) is 21.0. The van der Waals surface area contributed by atoms with Crippen molar-refractivity contribution < 1.29 is 9.53 Å². The minimum absolute atomic E-state index is 0.675. The minimum Gasteiger partial charge on any atom is -0.497 e. The number of ether oxygens (including phenoxy) is 1. The van der Waals surface area contributed by atoms with Crippen LogP contribution in [0, 0.1) is 13.8 Å². The van der Waals surface area contributed by atoms with Gasteiger partial charge in [-0.25, -0.2) is 0 Å². The van der Waals surface area contributed by atoms with E-state index in [1.165, 1.54) is 27.8 Å². The first-order valence-corrected chi connectivity index (χ1v) is 14.4. The second kappa shape index (κ2) is 12.2. The van der Waals surface area contributed by atoms with Gasteiger partial charge in [0.2, 0.25) is 0 Å². The number of methoxy groups -OCH3 is 1. The molecule has 0 N–H and O–H groups in total. The average Bonchev–Trinajstić information content (AvgIpc) is 3.06. The molecule has 6 aromatic carbocycles. The van der Waals surface area contributed by atoms with Crippen LogP contribution in [-0.2, 0) is 0 Å². The van der Waals surface area contributed by atoms with E-state index in [4.69, 9.17) is 4.74 Å². The Labute approximate surface area is 253 Å². The number of anilines is 3. The summed E-state index contributed by atoms with van der Waals surface area (Å²) in [5.41, 5.74) is 10.8. The van der Waals surface area contributed by atoms with E-state index >= 15 is 0 Å². The monoisotopic (exact) mass is 559 g/mol. The summed E-state index contributed by atoms with van der Waals surface area (Å²) in [4.78, 5) is 14.1. The highest BCUT2D eigenvalue weighted by atomic mass is 16.5.